The Morgan fingerprint density at radius 2 is 2.12 bits per heavy atom. The number of fused-ring (bicyclic) bond motifs is 1. The minimum Gasteiger partial charge on any atom is -0.370 e. The Morgan fingerprint density at radius 3 is 3.00 bits per heavy atom. The molecule has 1 aliphatic rings. The summed E-state index contributed by atoms with van der Waals surface area (Å²) in [5.41, 5.74) is 1.85. The van der Waals surface area contributed by atoms with Crippen molar-refractivity contribution >= 4 is 22.4 Å². The molecule has 1 fully saturated rings. The lowest BCUT2D eigenvalue weighted by Crippen LogP contribution is -2.26. The predicted octanol–water partition coefficient (Wildman–Crippen LogP) is 2.27. The van der Waals surface area contributed by atoms with Crippen molar-refractivity contribution < 1.29 is 0 Å². The van der Waals surface area contributed by atoms with Gasteiger partial charge in [0.25, 0.3) is 5.56 Å². The van der Waals surface area contributed by atoms with Gasteiger partial charge >= 0.3 is 0 Å². The number of anilines is 2. The van der Waals surface area contributed by atoms with Crippen LogP contribution < -0.4 is 15.8 Å². The van der Waals surface area contributed by atoms with Crippen molar-refractivity contribution in [2.24, 2.45) is 13.0 Å². The molecule has 6 heteroatoms. The topological polar surface area (TPSA) is 63.1 Å². The molecule has 3 aromatic rings. The van der Waals surface area contributed by atoms with E-state index in [9.17, 15) is 4.79 Å². The lowest BCUT2D eigenvalue weighted by atomic mass is 10.1. The van der Waals surface area contributed by atoms with Crippen molar-refractivity contribution in [3.63, 3.8) is 0 Å². The molecule has 1 aromatic carbocycles. The van der Waals surface area contributed by atoms with Crippen molar-refractivity contribution in [2.45, 2.75) is 6.42 Å². The van der Waals surface area contributed by atoms with Crippen LogP contribution in [0.4, 0.5) is 11.5 Å². The monoisotopic (exact) mass is 335 g/mol. The Labute approximate surface area is 146 Å². The van der Waals surface area contributed by atoms with E-state index in [1.54, 1.807) is 19.3 Å². The summed E-state index contributed by atoms with van der Waals surface area (Å²) in [6.45, 7) is 2.75. The van der Waals surface area contributed by atoms with Crippen molar-refractivity contribution in [3.05, 3.63) is 59.0 Å². The molecule has 0 saturated carbocycles. The highest BCUT2D eigenvalue weighted by Crippen LogP contribution is 2.23. The van der Waals surface area contributed by atoms with Crippen molar-refractivity contribution in [3.8, 4) is 0 Å². The van der Waals surface area contributed by atoms with E-state index in [1.165, 1.54) is 4.68 Å². The van der Waals surface area contributed by atoms with Crippen LogP contribution in [0.15, 0.2) is 53.5 Å². The Bertz CT molecular complexity index is 952. The molecule has 0 radical (unpaired) electrons. The number of hydrogen-bond donors (Lipinski definition) is 1. The van der Waals surface area contributed by atoms with Gasteiger partial charge in [-0.15, -0.1) is 0 Å². The minimum absolute atomic E-state index is 0.0700. The molecule has 4 rings (SSSR count). The van der Waals surface area contributed by atoms with Crippen molar-refractivity contribution in [1.29, 1.82) is 0 Å². The number of nitrogens with zero attached hydrogens (tertiary/aromatic N) is 4. The lowest BCUT2D eigenvalue weighted by molar-refractivity contribution is 0.621. The van der Waals surface area contributed by atoms with E-state index < -0.39 is 0 Å². The molecule has 0 spiro atoms. The third-order valence-corrected chi connectivity index (χ3v) is 4.77. The van der Waals surface area contributed by atoms with Gasteiger partial charge in [0.2, 0.25) is 0 Å². The SMILES string of the molecule is Cn1ncc(N2CC[C@H](CNc3ccc4ccccc4n3)C2)cc1=O. The zero-order valence-corrected chi connectivity index (χ0v) is 14.2. The molecule has 1 N–H and O–H groups in total. The van der Waals surface area contributed by atoms with E-state index in [0.717, 1.165) is 48.5 Å². The fourth-order valence-electron chi connectivity index (χ4n) is 3.28. The minimum atomic E-state index is -0.0700. The van der Waals surface area contributed by atoms with Gasteiger partial charge in [-0.2, -0.15) is 5.10 Å². The maximum Gasteiger partial charge on any atom is 0.268 e. The zero-order chi connectivity index (χ0) is 17.2. The molecule has 1 atom stereocenters. The first-order chi connectivity index (χ1) is 12.2. The average Bonchev–Trinajstić information content (AvgIpc) is 3.11. The summed E-state index contributed by atoms with van der Waals surface area (Å²) in [5.74, 6) is 1.43. The second-order valence-corrected chi connectivity index (χ2v) is 6.55. The quantitative estimate of drug-likeness (QED) is 0.792. The molecule has 6 nitrogen and oxygen atoms in total. The molecule has 0 amide bonds. The van der Waals surface area contributed by atoms with E-state index in [1.807, 2.05) is 24.3 Å². The molecule has 25 heavy (non-hydrogen) atoms. The van der Waals surface area contributed by atoms with Gasteiger partial charge in [0, 0.05) is 38.1 Å². The van der Waals surface area contributed by atoms with Crippen LogP contribution in [0.25, 0.3) is 10.9 Å². The van der Waals surface area contributed by atoms with Crippen LogP contribution >= 0.6 is 0 Å². The molecular formula is C19H21N5O. The van der Waals surface area contributed by atoms with Gasteiger partial charge in [0.1, 0.15) is 5.82 Å². The summed E-state index contributed by atoms with van der Waals surface area (Å²) in [6, 6.07) is 13.9. The molecule has 2 aromatic heterocycles. The highest BCUT2D eigenvalue weighted by molar-refractivity contribution is 5.80. The van der Waals surface area contributed by atoms with E-state index in [-0.39, 0.29) is 5.56 Å². The maximum absolute atomic E-state index is 11.7. The van der Waals surface area contributed by atoms with Gasteiger partial charge in [-0.3, -0.25) is 4.79 Å². The van der Waals surface area contributed by atoms with E-state index in [0.29, 0.717) is 5.92 Å². The van der Waals surface area contributed by atoms with Crippen LogP contribution in [-0.2, 0) is 7.05 Å². The smallest absolute Gasteiger partial charge is 0.268 e. The second-order valence-electron chi connectivity index (χ2n) is 6.55. The first kappa shape index (κ1) is 15.6. The van der Waals surface area contributed by atoms with Gasteiger partial charge in [0.05, 0.1) is 17.4 Å². The Kier molecular flexibility index (Phi) is 4.09. The lowest BCUT2D eigenvalue weighted by Gasteiger charge is -2.18. The largest absolute Gasteiger partial charge is 0.370 e. The van der Waals surface area contributed by atoms with Crippen molar-refractivity contribution in [1.82, 2.24) is 14.8 Å². The first-order valence-corrected chi connectivity index (χ1v) is 8.57. The molecule has 128 valence electrons. The molecule has 0 aliphatic carbocycles. The maximum atomic E-state index is 11.7. The van der Waals surface area contributed by atoms with Crippen LogP contribution in [0.3, 0.4) is 0 Å². The fourth-order valence-corrected chi connectivity index (χ4v) is 3.28. The third-order valence-electron chi connectivity index (χ3n) is 4.77. The summed E-state index contributed by atoms with van der Waals surface area (Å²) < 4.78 is 1.35. The van der Waals surface area contributed by atoms with E-state index in [2.05, 4.69) is 32.4 Å². The van der Waals surface area contributed by atoms with Crippen molar-refractivity contribution in [2.75, 3.05) is 29.9 Å². The van der Waals surface area contributed by atoms with Gasteiger partial charge < -0.3 is 10.2 Å². The number of hydrogen-bond acceptors (Lipinski definition) is 5. The van der Waals surface area contributed by atoms with E-state index in [4.69, 9.17) is 0 Å². The number of pyridine rings is 1. The normalized spacial score (nSPS) is 17.2. The first-order valence-electron chi connectivity index (χ1n) is 8.57. The van der Waals surface area contributed by atoms with Crippen LogP contribution in [0.1, 0.15) is 6.42 Å². The second kappa shape index (κ2) is 6.55. The molecule has 1 aliphatic heterocycles. The Balaban J connectivity index is 1.38. The Hall–Kier alpha value is -2.89. The van der Waals surface area contributed by atoms with E-state index >= 15 is 0 Å². The number of aryl methyl sites for hydroxylation is 1. The van der Waals surface area contributed by atoms with Crippen LogP contribution in [0, 0.1) is 5.92 Å². The zero-order valence-electron chi connectivity index (χ0n) is 14.2. The standard InChI is InChI=1S/C19H21N5O/c1-23-19(25)10-16(12-21-23)24-9-8-14(13-24)11-20-18-7-6-15-4-2-3-5-17(15)22-18/h2-7,10,12,14H,8-9,11,13H2,1H3,(H,20,22)/t14-/m1/s1. The van der Waals surface area contributed by atoms with Crippen LogP contribution in [-0.4, -0.2) is 34.4 Å². The summed E-state index contributed by atoms with van der Waals surface area (Å²) in [5, 5.41) is 8.71. The van der Waals surface area contributed by atoms with Gasteiger partial charge in [-0.05, 0) is 30.5 Å². The van der Waals surface area contributed by atoms with Gasteiger partial charge in [0.15, 0.2) is 0 Å². The Morgan fingerprint density at radius 1 is 1.24 bits per heavy atom. The number of para-hydroxylation sites is 1. The summed E-state index contributed by atoms with van der Waals surface area (Å²) >= 11 is 0. The summed E-state index contributed by atoms with van der Waals surface area (Å²) in [6.07, 6.45) is 2.86. The number of benzene rings is 1. The van der Waals surface area contributed by atoms with Crippen LogP contribution in [0.2, 0.25) is 0 Å². The van der Waals surface area contributed by atoms with Crippen LogP contribution in [0.5, 0.6) is 0 Å². The molecule has 0 unspecified atom stereocenters. The molecule has 0 bridgehead atoms. The molecule has 3 heterocycles. The molecule has 1 saturated heterocycles. The molecular weight excluding hydrogens is 314 g/mol. The predicted molar refractivity (Wildman–Crippen MR) is 100 cm³/mol. The highest BCUT2D eigenvalue weighted by atomic mass is 16.1. The third kappa shape index (κ3) is 3.33. The summed E-state index contributed by atoms with van der Waals surface area (Å²) in [7, 11) is 1.67. The number of nitrogens with one attached hydrogen (secondary N) is 1. The van der Waals surface area contributed by atoms with Gasteiger partial charge in [-0.1, -0.05) is 18.2 Å². The fraction of sp³-hybridized carbons (Fsp3) is 0.316. The summed E-state index contributed by atoms with van der Waals surface area (Å²) in [4.78, 5) is 18.6. The van der Waals surface area contributed by atoms with Gasteiger partial charge in [-0.25, -0.2) is 9.67 Å². The average molecular weight is 335 g/mol. The number of rotatable bonds is 4. The number of aromatic nitrogens is 3. The highest BCUT2D eigenvalue weighted by Gasteiger charge is 2.23.